The molecule has 1 saturated heterocycles. The first-order valence-electron chi connectivity index (χ1n) is 5.39. The van der Waals surface area contributed by atoms with E-state index in [-0.39, 0.29) is 6.17 Å². The average molecular weight is 193 g/mol. The number of allylic oxidation sites excluding steroid dienone is 2. The minimum absolute atomic E-state index is 0.229. The van der Waals surface area contributed by atoms with Crippen LogP contribution >= 0.6 is 0 Å². The smallest absolute Gasteiger partial charge is 0.120 e. The van der Waals surface area contributed by atoms with Gasteiger partial charge in [-0.05, 0) is 37.1 Å². The van der Waals surface area contributed by atoms with Gasteiger partial charge in [0, 0.05) is 18.8 Å². The highest BCUT2D eigenvalue weighted by atomic mass is 15.3. The molecule has 1 atom stereocenters. The van der Waals surface area contributed by atoms with Crippen molar-refractivity contribution in [1.29, 1.82) is 0 Å². The van der Waals surface area contributed by atoms with E-state index in [1.165, 1.54) is 12.8 Å². The third-order valence-corrected chi connectivity index (χ3v) is 3.14. The molecule has 0 saturated carbocycles. The largest absolute Gasteiger partial charge is 0.399 e. The maximum atomic E-state index is 5.95. The maximum Gasteiger partial charge on any atom is 0.120 e. The van der Waals surface area contributed by atoms with Crippen LogP contribution in [0.4, 0.5) is 0 Å². The summed E-state index contributed by atoms with van der Waals surface area (Å²) in [6.45, 7) is 4.63. The molecule has 0 aromatic heterocycles. The summed E-state index contributed by atoms with van der Waals surface area (Å²) in [4.78, 5) is 2.43. The molecule has 3 heteroatoms. The minimum atomic E-state index is 0.229. The fourth-order valence-electron chi connectivity index (χ4n) is 2.10. The van der Waals surface area contributed by atoms with Gasteiger partial charge in [0.15, 0.2) is 0 Å². The molecule has 1 fully saturated rings. The molecule has 0 aliphatic carbocycles. The fraction of sp³-hybridized carbons (Fsp3) is 0.636. The van der Waals surface area contributed by atoms with Gasteiger partial charge < -0.3 is 11.1 Å². The fourth-order valence-corrected chi connectivity index (χ4v) is 2.10. The number of nitrogens with two attached hydrogens (primary N) is 1. The lowest BCUT2D eigenvalue weighted by molar-refractivity contribution is 0.142. The van der Waals surface area contributed by atoms with Crippen LogP contribution in [0.3, 0.4) is 0 Å². The first-order chi connectivity index (χ1) is 6.77. The molecule has 0 spiro atoms. The van der Waals surface area contributed by atoms with Crippen molar-refractivity contribution in [2.45, 2.75) is 25.9 Å². The Hall–Kier alpha value is -0.960. The second kappa shape index (κ2) is 4.05. The van der Waals surface area contributed by atoms with Crippen LogP contribution in [0.15, 0.2) is 24.0 Å². The van der Waals surface area contributed by atoms with Gasteiger partial charge in [0.05, 0.1) is 0 Å². The molecular weight excluding hydrogens is 174 g/mol. The van der Waals surface area contributed by atoms with Gasteiger partial charge in [-0.1, -0.05) is 6.92 Å². The summed E-state index contributed by atoms with van der Waals surface area (Å²) in [5, 5.41) is 3.31. The van der Waals surface area contributed by atoms with Gasteiger partial charge in [0.2, 0.25) is 0 Å². The number of hydrogen-bond donors (Lipinski definition) is 2. The molecule has 14 heavy (non-hydrogen) atoms. The number of hydrogen-bond acceptors (Lipinski definition) is 3. The molecule has 2 rings (SSSR count). The third kappa shape index (κ3) is 1.93. The molecule has 78 valence electrons. The van der Waals surface area contributed by atoms with Crippen LogP contribution in [0.25, 0.3) is 0 Å². The van der Waals surface area contributed by atoms with Crippen LogP contribution in [0.2, 0.25) is 0 Å². The predicted octanol–water partition coefficient (Wildman–Crippen LogP) is 1.00. The van der Waals surface area contributed by atoms with E-state index in [0.717, 1.165) is 24.7 Å². The summed E-state index contributed by atoms with van der Waals surface area (Å²) in [6.07, 6.45) is 8.72. The Morgan fingerprint density at radius 1 is 1.43 bits per heavy atom. The SMILES string of the molecule is CC1CCN(C2NC=CC=C2N)CC1. The molecule has 0 radical (unpaired) electrons. The molecule has 1 unspecified atom stereocenters. The molecule has 3 nitrogen and oxygen atoms in total. The van der Waals surface area contributed by atoms with E-state index in [1.807, 2.05) is 18.4 Å². The summed E-state index contributed by atoms with van der Waals surface area (Å²) < 4.78 is 0. The van der Waals surface area contributed by atoms with Gasteiger partial charge in [-0.3, -0.25) is 4.90 Å². The quantitative estimate of drug-likeness (QED) is 0.653. The van der Waals surface area contributed by atoms with Crippen molar-refractivity contribution in [3.8, 4) is 0 Å². The van der Waals surface area contributed by atoms with Crippen LogP contribution < -0.4 is 11.1 Å². The second-order valence-corrected chi connectivity index (χ2v) is 4.31. The maximum absolute atomic E-state index is 5.95. The van der Waals surface area contributed by atoms with Crippen LogP contribution in [0.5, 0.6) is 0 Å². The summed E-state index contributed by atoms with van der Waals surface area (Å²) in [6, 6.07) is 0. The average Bonchev–Trinajstić information content (AvgIpc) is 2.20. The highest BCUT2D eigenvalue weighted by molar-refractivity contribution is 5.19. The highest BCUT2D eigenvalue weighted by Gasteiger charge is 2.24. The van der Waals surface area contributed by atoms with Crippen molar-refractivity contribution in [3.05, 3.63) is 24.0 Å². The molecule has 0 aromatic rings. The first kappa shape index (κ1) is 9.59. The van der Waals surface area contributed by atoms with Crippen molar-refractivity contribution in [1.82, 2.24) is 10.2 Å². The molecule has 0 bridgehead atoms. The lowest BCUT2D eigenvalue weighted by atomic mass is 9.98. The Labute approximate surface area is 85.6 Å². The van der Waals surface area contributed by atoms with Crippen molar-refractivity contribution in [2.24, 2.45) is 11.7 Å². The monoisotopic (exact) mass is 193 g/mol. The third-order valence-electron chi connectivity index (χ3n) is 3.14. The van der Waals surface area contributed by atoms with Crippen molar-refractivity contribution >= 4 is 0 Å². The van der Waals surface area contributed by atoms with Crippen LogP contribution in [0, 0.1) is 5.92 Å². The number of likely N-dealkylation sites (tertiary alicyclic amines) is 1. The Balaban J connectivity index is 1.95. The Morgan fingerprint density at radius 2 is 2.14 bits per heavy atom. The van der Waals surface area contributed by atoms with Crippen LogP contribution in [-0.4, -0.2) is 24.2 Å². The zero-order valence-electron chi connectivity index (χ0n) is 8.74. The summed E-state index contributed by atoms with van der Waals surface area (Å²) in [7, 11) is 0. The summed E-state index contributed by atoms with van der Waals surface area (Å²) >= 11 is 0. The molecule has 2 aliphatic heterocycles. The number of nitrogens with one attached hydrogen (secondary N) is 1. The van der Waals surface area contributed by atoms with E-state index in [2.05, 4.69) is 17.1 Å². The lowest BCUT2D eigenvalue weighted by Crippen LogP contribution is -2.50. The minimum Gasteiger partial charge on any atom is -0.399 e. The molecule has 2 heterocycles. The first-order valence-corrected chi connectivity index (χ1v) is 5.39. The van der Waals surface area contributed by atoms with Crippen molar-refractivity contribution in [3.63, 3.8) is 0 Å². The van der Waals surface area contributed by atoms with E-state index in [4.69, 9.17) is 5.73 Å². The second-order valence-electron chi connectivity index (χ2n) is 4.31. The van der Waals surface area contributed by atoms with E-state index in [9.17, 15) is 0 Å². The Bertz CT molecular complexity index is 249. The molecular formula is C11H19N3. The standard InChI is InChI=1S/C11H19N3/c1-9-4-7-14(8-5-9)11-10(12)3-2-6-13-11/h2-3,6,9,11,13H,4-5,7-8,12H2,1H3. The molecule has 2 aliphatic rings. The van der Waals surface area contributed by atoms with Gasteiger partial charge >= 0.3 is 0 Å². The zero-order chi connectivity index (χ0) is 9.97. The zero-order valence-corrected chi connectivity index (χ0v) is 8.74. The Kier molecular flexibility index (Phi) is 2.77. The van der Waals surface area contributed by atoms with Gasteiger partial charge in [0.25, 0.3) is 0 Å². The molecule has 0 aromatic carbocycles. The van der Waals surface area contributed by atoms with Gasteiger partial charge in [-0.25, -0.2) is 0 Å². The van der Waals surface area contributed by atoms with E-state index in [0.29, 0.717) is 0 Å². The van der Waals surface area contributed by atoms with E-state index in [1.54, 1.807) is 0 Å². The van der Waals surface area contributed by atoms with E-state index < -0.39 is 0 Å². The summed E-state index contributed by atoms with van der Waals surface area (Å²) in [5.74, 6) is 0.871. The number of piperidine rings is 1. The Morgan fingerprint density at radius 3 is 2.79 bits per heavy atom. The summed E-state index contributed by atoms with van der Waals surface area (Å²) in [5.41, 5.74) is 6.88. The predicted molar refractivity (Wildman–Crippen MR) is 58.3 cm³/mol. The molecule has 0 amide bonds. The number of nitrogens with zero attached hydrogens (tertiary/aromatic N) is 1. The normalized spacial score (nSPS) is 29.8. The number of dihydropyridines is 1. The molecule has 3 N–H and O–H groups in total. The van der Waals surface area contributed by atoms with Crippen LogP contribution in [-0.2, 0) is 0 Å². The number of rotatable bonds is 1. The lowest BCUT2D eigenvalue weighted by Gasteiger charge is -2.37. The van der Waals surface area contributed by atoms with Gasteiger partial charge in [-0.2, -0.15) is 0 Å². The van der Waals surface area contributed by atoms with Crippen molar-refractivity contribution in [2.75, 3.05) is 13.1 Å². The van der Waals surface area contributed by atoms with Gasteiger partial charge in [0.1, 0.15) is 6.17 Å². The van der Waals surface area contributed by atoms with E-state index >= 15 is 0 Å². The van der Waals surface area contributed by atoms with Crippen LogP contribution in [0.1, 0.15) is 19.8 Å². The topological polar surface area (TPSA) is 41.3 Å². The highest BCUT2D eigenvalue weighted by Crippen LogP contribution is 2.19. The van der Waals surface area contributed by atoms with Gasteiger partial charge in [-0.15, -0.1) is 0 Å². The van der Waals surface area contributed by atoms with Crippen molar-refractivity contribution < 1.29 is 0 Å².